The molecule has 3 aromatic rings. The summed E-state index contributed by atoms with van der Waals surface area (Å²) in [5, 5.41) is 3.11. The summed E-state index contributed by atoms with van der Waals surface area (Å²) in [4.78, 5) is 42.0. The fourth-order valence-corrected chi connectivity index (χ4v) is 4.51. The van der Waals surface area contributed by atoms with Crippen molar-refractivity contribution in [3.63, 3.8) is 0 Å². The lowest BCUT2D eigenvalue weighted by Crippen LogP contribution is -2.48. The van der Waals surface area contributed by atoms with Gasteiger partial charge in [0.15, 0.2) is 0 Å². The van der Waals surface area contributed by atoms with Crippen molar-refractivity contribution in [1.82, 2.24) is 4.90 Å². The predicted octanol–water partition coefficient (Wildman–Crippen LogP) is 4.30. The van der Waals surface area contributed by atoms with Crippen molar-refractivity contribution in [3.8, 4) is 0 Å². The smallest absolute Gasteiger partial charge is 0.338 e. The maximum absolute atomic E-state index is 13.8. The minimum absolute atomic E-state index is 0.0504. The maximum atomic E-state index is 13.8. The molecule has 4 rings (SSSR count). The van der Waals surface area contributed by atoms with Gasteiger partial charge in [0.25, 0.3) is 0 Å². The van der Waals surface area contributed by atoms with E-state index in [1.807, 2.05) is 71.6 Å². The van der Waals surface area contributed by atoms with Crippen molar-refractivity contribution in [2.75, 3.05) is 43.0 Å². The van der Waals surface area contributed by atoms with Gasteiger partial charge in [0.2, 0.25) is 11.8 Å². The lowest BCUT2D eigenvalue weighted by atomic mass is 9.90. The number of hydrogen-bond donors (Lipinski definition) is 1. The molecule has 0 spiro atoms. The number of benzene rings is 3. The number of anilines is 2. The Hall–Kier alpha value is -4.13. The van der Waals surface area contributed by atoms with Crippen LogP contribution in [0.2, 0.25) is 0 Å². The number of nitrogens with zero attached hydrogens (tertiary/aromatic N) is 2. The zero-order valence-electron chi connectivity index (χ0n) is 20.6. The first kappa shape index (κ1) is 25.0. The molecule has 7 nitrogen and oxygen atoms in total. The van der Waals surface area contributed by atoms with Crippen molar-refractivity contribution in [2.45, 2.75) is 19.8 Å². The Bertz CT molecular complexity index is 1170. The van der Waals surface area contributed by atoms with Crippen molar-refractivity contribution < 1.29 is 19.1 Å². The molecule has 0 radical (unpaired) electrons. The maximum Gasteiger partial charge on any atom is 0.338 e. The fraction of sp³-hybridized carbons (Fsp3) is 0.276. The van der Waals surface area contributed by atoms with E-state index in [0.717, 1.165) is 16.8 Å². The topological polar surface area (TPSA) is 79.0 Å². The highest BCUT2D eigenvalue weighted by Gasteiger charge is 2.26. The largest absolute Gasteiger partial charge is 0.462 e. The first-order valence-corrected chi connectivity index (χ1v) is 12.2. The van der Waals surface area contributed by atoms with E-state index in [0.29, 0.717) is 37.4 Å². The van der Waals surface area contributed by atoms with Crippen molar-refractivity contribution in [3.05, 3.63) is 95.6 Å². The van der Waals surface area contributed by atoms with Gasteiger partial charge < -0.3 is 19.9 Å². The van der Waals surface area contributed by atoms with Gasteiger partial charge in [-0.2, -0.15) is 0 Å². The van der Waals surface area contributed by atoms with Crippen LogP contribution in [-0.2, 0) is 14.3 Å². The molecule has 0 bridgehead atoms. The van der Waals surface area contributed by atoms with Gasteiger partial charge in [-0.1, -0.05) is 60.7 Å². The Labute approximate surface area is 211 Å². The van der Waals surface area contributed by atoms with Crippen molar-refractivity contribution in [1.29, 1.82) is 0 Å². The number of esters is 1. The minimum Gasteiger partial charge on any atom is -0.462 e. The Morgan fingerprint density at radius 2 is 1.44 bits per heavy atom. The standard InChI is InChI=1S/C29H31N3O4/c1-3-36-29(35)24-14-15-26(32-18-16-31(17-19-32)21(2)33)25(20-24)30-28(34)27(22-10-6-4-7-11-22)23-12-8-5-9-13-23/h4-15,20,27H,3,16-19H2,1-2H3,(H,30,34). The summed E-state index contributed by atoms with van der Waals surface area (Å²) >= 11 is 0. The summed E-state index contributed by atoms with van der Waals surface area (Å²) in [6, 6.07) is 24.5. The molecule has 1 heterocycles. The summed E-state index contributed by atoms with van der Waals surface area (Å²) < 4.78 is 5.19. The Morgan fingerprint density at radius 1 is 0.861 bits per heavy atom. The number of carbonyl (C=O) groups is 3. The SMILES string of the molecule is CCOC(=O)c1ccc(N2CCN(C(C)=O)CC2)c(NC(=O)C(c2ccccc2)c2ccccc2)c1. The van der Waals surface area contributed by atoms with Crippen LogP contribution in [0.4, 0.5) is 11.4 Å². The molecule has 1 saturated heterocycles. The van der Waals surface area contributed by atoms with Crippen LogP contribution in [0.15, 0.2) is 78.9 Å². The van der Waals surface area contributed by atoms with Crippen molar-refractivity contribution >= 4 is 29.2 Å². The molecule has 1 aliphatic rings. The van der Waals surface area contributed by atoms with Gasteiger partial charge in [-0.25, -0.2) is 4.79 Å². The molecule has 0 saturated carbocycles. The van der Waals surface area contributed by atoms with Crippen LogP contribution < -0.4 is 10.2 Å². The van der Waals surface area contributed by atoms with Crippen LogP contribution in [0.5, 0.6) is 0 Å². The average molecular weight is 486 g/mol. The predicted molar refractivity (Wildman–Crippen MR) is 140 cm³/mol. The highest BCUT2D eigenvalue weighted by atomic mass is 16.5. The van der Waals surface area contributed by atoms with E-state index in [4.69, 9.17) is 4.74 Å². The summed E-state index contributed by atoms with van der Waals surface area (Å²) in [6.45, 7) is 6.04. The van der Waals surface area contributed by atoms with Gasteiger partial charge in [-0.05, 0) is 36.2 Å². The third kappa shape index (κ3) is 5.74. The number of rotatable bonds is 7. The summed E-state index contributed by atoms with van der Waals surface area (Å²) in [7, 11) is 0. The molecule has 1 aliphatic heterocycles. The van der Waals surface area contributed by atoms with Gasteiger partial charge in [-0.15, -0.1) is 0 Å². The second-order valence-electron chi connectivity index (χ2n) is 8.69. The van der Waals surface area contributed by atoms with Crippen LogP contribution in [0.25, 0.3) is 0 Å². The van der Waals surface area contributed by atoms with E-state index in [1.54, 1.807) is 26.0 Å². The molecule has 3 aromatic carbocycles. The molecular formula is C29H31N3O4. The molecule has 0 aromatic heterocycles. The molecular weight excluding hydrogens is 454 g/mol. The number of carbonyl (C=O) groups excluding carboxylic acids is 3. The van der Waals surface area contributed by atoms with Crippen LogP contribution in [0.1, 0.15) is 41.3 Å². The van der Waals surface area contributed by atoms with E-state index in [9.17, 15) is 14.4 Å². The van der Waals surface area contributed by atoms with Gasteiger partial charge in [0, 0.05) is 33.1 Å². The van der Waals surface area contributed by atoms with E-state index in [1.165, 1.54) is 0 Å². The normalized spacial score (nSPS) is 13.4. The monoisotopic (exact) mass is 485 g/mol. The highest BCUT2D eigenvalue weighted by molar-refractivity contribution is 6.02. The molecule has 36 heavy (non-hydrogen) atoms. The van der Waals surface area contributed by atoms with E-state index in [-0.39, 0.29) is 18.4 Å². The molecule has 186 valence electrons. The summed E-state index contributed by atoms with van der Waals surface area (Å²) in [5.74, 6) is -1.11. The molecule has 7 heteroatoms. The molecule has 1 fully saturated rings. The van der Waals surface area contributed by atoms with E-state index in [2.05, 4.69) is 10.2 Å². The van der Waals surface area contributed by atoms with Gasteiger partial charge >= 0.3 is 5.97 Å². The minimum atomic E-state index is -0.527. The zero-order chi connectivity index (χ0) is 25.5. The van der Waals surface area contributed by atoms with Crippen LogP contribution in [0, 0.1) is 0 Å². The number of hydrogen-bond acceptors (Lipinski definition) is 5. The fourth-order valence-electron chi connectivity index (χ4n) is 4.51. The summed E-state index contributed by atoms with van der Waals surface area (Å²) in [6.07, 6.45) is 0. The lowest BCUT2D eigenvalue weighted by molar-refractivity contribution is -0.129. The molecule has 0 aliphatic carbocycles. The van der Waals surface area contributed by atoms with Gasteiger partial charge in [0.1, 0.15) is 0 Å². The number of piperazine rings is 1. The van der Waals surface area contributed by atoms with E-state index < -0.39 is 11.9 Å². The second-order valence-corrected chi connectivity index (χ2v) is 8.69. The highest BCUT2D eigenvalue weighted by Crippen LogP contribution is 2.32. The number of amides is 2. The van der Waals surface area contributed by atoms with Crippen LogP contribution in [0.3, 0.4) is 0 Å². The molecule has 2 amide bonds. The molecule has 0 atom stereocenters. The van der Waals surface area contributed by atoms with Crippen LogP contribution >= 0.6 is 0 Å². The Morgan fingerprint density at radius 3 is 1.97 bits per heavy atom. The average Bonchev–Trinajstić information content (AvgIpc) is 2.90. The van der Waals surface area contributed by atoms with Crippen molar-refractivity contribution in [2.24, 2.45) is 0 Å². The first-order chi connectivity index (χ1) is 17.5. The Kier molecular flexibility index (Phi) is 8.00. The third-order valence-electron chi connectivity index (χ3n) is 6.36. The quantitative estimate of drug-likeness (QED) is 0.505. The second kappa shape index (κ2) is 11.5. The zero-order valence-corrected chi connectivity index (χ0v) is 20.6. The first-order valence-electron chi connectivity index (χ1n) is 12.2. The van der Waals surface area contributed by atoms with Gasteiger partial charge in [0.05, 0.1) is 29.5 Å². The van der Waals surface area contributed by atoms with Gasteiger partial charge in [-0.3, -0.25) is 9.59 Å². The number of nitrogens with one attached hydrogen (secondary N) is 1. The molecule has 1 N–H and O–H groups in total. The molecule has 0 unspecified atom stereocenters. The van der Waals surface area contributed by atoms with Crippen LogP contribution in [-0.4, -0.2) is 55.5 Å². The van der Waals surface area contributed by atoms with E-state index >= 15 is 0 Å². The number of ether oxygens (including phenoxy) is 1. The Balaban J connectivity index is 1.68. The third-order valence-corrected chi connectivity index (χ3v) is 6.36. The summed E-state index contributed by atoms with van der Waals surface area (Å²) in [5.41, 5.74) is 3.46. The lowest BCUT2D eigenvalue weighted by Gasteiger charge is -2.36.